The lowest BCUT2D eigenvalue weighted by atomic mass is 10.3. The molecule has 2 fully saturated rings. The van der Waals surface area contributed by atoms with Gasteiger partial charge in [0, 0.05) is 33.2 Å². The maximum atomic E-state index is 13.1. The molecule has 1 N–H and O–H groups in total. The van der Waals surface area contributed by atoms with Gasteiger partial charge >= 0.3 is 6.01 Å². The SMILES string of the molecule is CC#CCn1c(N2CCNCC2)nc2nc(OC3CCCC3)n(C)c(=O)c21. The molecule has 1 aliphatic heterocycles. The van der Waals surface area contributed by atoms with Gasteiger partial charge in [-0.3, -0.25) is 13.9 Å². The van der Waals surface area contributed by atoms with Crippen LogP contribution >= 0.6 is 0 Å². The van der Waals surface area contributed by atoms with Gasteiger partial charge in [-0.1, -0.05) is 5.92 Å². The van der Waals surface area contributed by atoms with E-state index in [0.717, 1.165) is 57.8 Å². The number of nitrogens with one attached hydrogen (secondary N) is 1. The van der Waals surface area contributed by atoms with Gasteiger partial charge in [-0.2, -0.15) is 9.97 Å². The highest BCUT2D eigenvalue weighted by atomic mass is 16.5. The minimum atomic E-state index is -0.139. The summed E-state index contributed by atoms with van der Waals surface area (Å²) in [5, 5.41) is 3.34. The number of aromatic nitrogens is 4. The zero-order valence-electron chi connectivity index (χ0n) is 16.0. The molecule has 0 amide bonds. The molecular weight excluding hydrogens is 344 g/mol. The van der Waals surface area contributed by atoms with Crippen molar-refractivity contribution in [2.45, 2.75) is 45.3 Å². The number of fused-ring (bicyclic) bond motifs is 1. The van der Waals surface area contributed by atoms with Crippen LogP contribution in [0.25, 0.3) is 11.2 Å². The zero-order valence-corrected chi connectivity index (χ0v) is 16.0. The summed E-state index contributed by atoms with van der Waals surface area (Å²) in [6.07, 6.45) is 4.50. The van der Waals surface area contributed by atoms with Crippen LogP contribution < -0.4 is 20.5 Å². The van der Waals surface area contributed by atoms with E-state index in [2.05, 4.69) is 27.0 Å². The molecule has 0 spiro atoms. The molecule has 1 aliphatic carbocycles. The number of ether oxygens (including phenoxy) is 1. The van der Waals surface area contributed by atoms with Gasteiger partial charge in [-0.15, -0.1) is 5.92 Å². The highest BCUT2D eigenvalue weighted by Crippen LogP contribution is 2.25. The standard InChI is InChI=1S/C19H26N6O2/c1-3-4-11-25-15-16(21-18(25)24-12-9-20-10-13-24)22-19(23(2)17(15)26)27-14-7-5-6-8-14/h14,20H,5-13H2,1-2H3. The number of rotatable bonds is 4. The Morgan fingerprint density at radius 3 is 2.67 bits per heavy atom. The minimum absolute atomic E-state index is 0.139. The molecule has 4 rings (SSSR count). The lowest BCUT2D eigenvalue weighted by Gasteiger charge is -2.28. The summed E-state index contributed by atoms with van der Waals surface area (Å²) in [6.45, 7) is 5.69. The van der Waals surface area contributed by atoms with E-state index < -0.39 is 0 Å². The van der Waals surface area contributed by atoms with E-state index in [-0.39, 0.29) is 11.7 Å². The van der Waals surface area contributed by atoms with Crippen molar-refractivity contribution in [3.63, 3.8) is 0 Å². The van der Waals surface area contributed by atoms with Crippen molar-refractivity contribution in [1.82, 2.24) is 24.4 Å². The highest BCUT2D eigenvalue weighted by molar-refractivity contribution is 5.74. The molecule has 2 aliphatic rings. The van der Waals surface area contributed by atoms with E-state index >= 15 is 0 Å². The highest BCUT2D eigenvalue weighted by Gasteiger charge is 2.25. The Morgan fingerprint density at radius 2 is 1.96 bits per heavy atom. The maximum Gasteiger partial charge on any atom is 0.301 e. The van der Waals surface area contributed by atoms with Gasteiger partial charge in [0.2, 0.25) is 5.95 Å². The molecule has 8 heteroatoms. The average Bonchev–Trinajstić information content (AvgIpc) is 3.32. The Kier molecular flexibility index (Phi) is 5.03. The first-order chi connectivity index (χ1) is 13.2. The first-order valence-electron chi connectivity index (χ1n) is 9.68. The number of nitrogens with zero attached hydrogens (tertiary/aromatic N) is 5. The molecule has 0 aromatic carbocycles. The van der Waals surface area contributed by atoms with Crippen molar-refractivity contribution < 1.29 is 4.74 Å². The van der Waals surface area contributed by atoms with Crippen molar-refractivity contribution in [1.29, 1.82) is 0 Å². The van der Waals surface area contributed by atoms with Crippen LogP contribution in [0.3, 0.4) is 0 Å². The Morgan fingerprint density at radius 1 is 1.22 bits per heavy atom. The molecule has 1 saturated carbocycles. The Balaban J connectivity index is 1.81. The van der Waals surface area contributed by atoms with E-state index in [9.17, 15) is 4.79 Å². The van der Waals surface area contributed by atoms with Crippen molar-refractivity contribution in [2.75, 3.05) is 31.1 Å². The Labute approximate surface area is 158 Å². The molecular formula is C19H26N6O2. The lowest BCUT2D eigenvalue weighted by molar-refractivity contribution is 0.183. The van der Waals surface area contributed by atoms with Gasteiger partial charge in [0.1, 0.15) is 6.10 Å². The smallest absolute Gasteiger partial charge is 0.301 e. The van der Waals surface area contributed by atoms with Crippen molar-refractivity contribution in [3.05, 3.63) is 10.4 Å². The number of hydrogen-bond acceptors (Lipinski definition) is 6. The minimum Gasteiger partial charge on any atom is -0.461 e. The zero-order chi connectivity index (χ0) is 18.8. The normalized spacial score (nSPS) is 17.9. The molecule has 144 valence electrons. The summed E-state index contributed by atoms with van der Waals surface area (Å²) in [6, 6.07) is 0.359. The van der Waals surface area contributed by atoms with E-state index in [1.165, 1.54) is 4.57 Å². The van der Waals surface area contributed by atoms with Crippen molar-refractivity contribution in [2.24, 2.45) is 7.05 Å². The molecule has 0 atom stereocenters. The van der Waals surface area contributed by atoms with Crippen LogP contribution in [0, 0.1) is 11.8 Å². The predicted molar refractivity (Wildman–Crippen MR) is 104 cm³/mol. The second kappa shape index (κ2) is 7.61. The third-order valence-corrected chi connectivity index (χ3v) is 5.31. The topological polar surface area (TPSA) is 77.2 Å². The molecule has 0 bridgehead atoms. The van der Waals surface area contributed by atoms with Crippen LogP contribution in [0.5, 0.6) is 6.01 Å². The second-order valence-electron chi connectivity index (χ2n) is 7.12. The van der Waals surface area contributed by atoms with Crippen LogP contribution in [-0.2, 0) is 13.6 Å². The third-order valence-electron chi connectivity index (χ3n) is 5.31. The third kappa shape index (κ3) is 3.39. The fraction of sp³-hybridized carbons (Fsp3) is 0.632. The van der Waals surface area contributed by atoms with Crippen LogP contribution in [0.2, 0.25) is 0 Å². The fourth-order valence-electron chi connectivity index (χ4n) is 3.80. The van der Waals surface area contributed by atoms with Crippen molar-refractivity contribution >= 4 is 17.1 Å². The fourth-order valence-corrected chi connectivity index (χ4v) is 3.80. The van der Waals surface area contributed by atoms with Crippen LogP contribution in [0.15, 0.2) is 4.79 Å². The molecule has 0 radical (unpaired) electrons. The molecule has 1 saturated heterocycles. The average molecular weight is 370 g/mol. The van der Waals surface area contributed by atoms with Gasteiger partial charge in [0.25, 0.3) is 5.56 Å². The van der Waals surface area contributed by atoms with Crippen molar-refractivity contribution in [3.8, 4) is 17.9 Å². The molecule has 2 aromatic rings. The summed E-state index contributed by atoms with van der Waals surface area (Å²) < 4.78 is 9.42. The number of anilines is 1. The van der Waals surface area contributed by atoms with Crippen LogP contribution in [0.1, 0.15) is 32.6 Å². The number of hydrogen-bond donors (Lipinski definition) is 1. The van der Waals surface area contributed by atoms with E-state index in [0.29, 0.717) is 23.7 Å². The first-order valence-corrected chi connectivity index (χ1v) is 9.68. The number of piperazine rings is 1. The molecule has 2 aromatic heterocycles. The predicted octanol–water partition coefficient (Wildman–Crippen LogP) is 0.884. The largest absolute Gasteiger partial charge is 0.461 e. The summed E-state index contributed by atoms with van der Waals surface area (Å²) in [4.78, 5) is 24.6. The summed E-state index contributed by atoms with van der Waals surface area (Å²) in [5.74, 6) is 6.74. The summed E-state index contributed by atoms with van der Waals surface area (Å²) in [7, 11) is 1.71. The first kappa shape index (κ1) is 17.9. The molecule has 8 nitrogen and oxygen atoms in total. The quantitative estimate of drug-likeness (QED) is 0.806. The Hall–Kier alpha value is -2.53. The molecule has 3 heterocycles. The number of imidazole rings is 1. The van der Waals surface area contributed by atoms with Gasteiger partial charge in [-0.25, -0.2) is 0 Å². The monoisotopic (exact) mass is 370 g/mol. The van der Waals surface area contributed by atoms with E-state index in [4.69, 9.17) is 9.72 Å². The summed E-state index contributed by atoms with van der Waals surface area (Å²) >= 11 is 0. The second-order valence-corrected chi connectivity index (χ2v) is 7.12. The maximum absolute atomic E-state index is 13.1. The van der Waals surface area contributed by atoms with E-state index in [1.807, 2.05) is 4.57 Å². The van der Waals surface area contributed by atoms with Gasteiger partial charge < -0.3 is 15.0 Å². The summed E-state index contributed by atoms with van der Waals surface area (Å²) in [5.41, 5.74) is 0.796. The molecule has 27 heavy (non-hydrogen) atoms. The van der Waals surface area contributed by atoms with Gasteiger partial charge in [0.15, 0.2) is 11.2 Å². The molecule has 0 unspecified atom stereocenters. The Bertz CT molecular complexity index is 939. The van der Waals surface area contributed by atoms with Gasteiger partial charge in [-0.05, 0) is 32.6 Å². The van der Waals surface area contributed by atoms with E-state index in [1.54, 1.807) is 14.0 Å². The lowest BCUT2D eigenvalue weighted by Crippen LogP contribution is -2.44. The van der Waals surface area contributed by atoms with Crippen LogP contribution in [0.4, 0.5) is 5.95 Å². The van der Waals surface area contributed by atoms with Crippen LogP contribution in [-0.4, -0.2) is 51.4 Å². The van der Waals surface area contributed by atoms with Gasteiger partial charge in [0.05, 0.1) is 6.54 Å².